The standard InChI is InChI=1S/C35H51N5O7.N2/c1-33(2,3)40-18-10-17-35(40,31(37)44)21-28(41)26(19-23-13-15-25(16-14-23)47-34(4,5)6)38-30(43)27(20-29(36)42)39-32(45)46-22-24-11-8-7-9-12-24;1-2/h7-9,11-16,26-28,41H,10,17-22H2,1-6H3,(H2,36,42)(H2,37,44)(H,38,43)(H,39,45);/t26-,27-,28+,35+;/m0./s1. The smallest absolute Gasteiger partial charge is 0.408 e. The fraction of sp³-hybridized carbons (Fsp3) is 0.543. The molecule has 4 amide bonds. The molecule has 3 rings (SSSR count). The number of nitrogens with two attached hydrogens (primary N) is 2. The third kappa shape index (κ3) is 12.3. The molecule has 49 heavy (non-hydrogen) atoms. The molecule has 2 aromatic rings. The SMILES string of the molecule is CC(C)(C)Oc1ccc(C[C@H](NC(=O)[C@H](CC(N)=O)NC(=O)OCc2ccccc2)[C@H](O)C[C@@]2(C(N)=O)CCCN2C(C)(C)C)cc1.N#N. The number of nitrogens with one attached hydrogen (secondary N) is 2. The fourth-order valence-electron chi connectivity index (χ4n) is 6.10. The molecule has 0 saturated carbocycles. The Morgan fingerprint density at radius 1 is 0.939 bits per heavy atom. The Bertz CT molecular complexity index is 1420. The molecule has 7 N–H and O–H groups in total. The minimum absolute atomic E-state index is 0.0389. The molecule has 0 radical (unpaired) electrons. The number of hydrogen-bond acceptors (Lipinski definition) is 10. The van der Waals surface area contributed by atoms with E-state index in [1.165, 1.54) is 0 Å². The van der Waals surface area contributed by atoms with Crippen LogP contribution in [0.4, 0.5) is 4.79 Å². The maximum Gasteiger partial charge on any atom is 0.408 e. The van der Waals surface area contributed by atoms with Crippen molar-refractivity contribution in [2.24, 2.45) is 11.5 Å². The lowest BCUT2D eigenvalue weighted by Crippen LogP contribution is -2.63. The Balaban J connectivity index is 0.00000409. The van der Waals surface area contributed by atoms with Crippen molar-refractivity contribution in [3.05, 3.63) is 65.7 Å². The zero-order chi connectivity index (χ0) is 37.0. The number of carbonyl (C=O) groups excluding carboxylic acids is 4. The maximum absolute atomic E-state index is 13.7. The molecule has 1 fully saturated rings. The zero-order valence-corrected chi connectivity index (χ0v) is 29.3. The van der Waals surface area contributed by atoms with Crippen LogP contribution >= 0.6 is 0 Å². The van der Waals surface area contributed by atoms with Gasteiger partial charge in [0.25, 0.3) is 0 Å². The molecular weight excluding hydrogens is 630 g/mol. The molecule has 1 aliphatic rings. The molecule has 0 spiro atoms. The summed E-state index contributed by atoms with van der Waals surface area (Å²) < 4.78 is 11.2. The van der Waals surface area contributed by atoms with E-state index in [1.54, 1.807) is 36.4 Å². The molecule has 2 aromatic carbocycles. The summed E-state index contributed by atoms with van der Waals surface area (Å²) in [5.74, 6) is -1.46. The van der Waals surface area contributed by atoms with E-state index in [2.05, 4.69) is 10.6 Å². The van der Waals surface area contributed by atoms with Crippen LogP contribution in [0.25, 0.3) is 0 Å². The maximum atomic E-state index is 13.7. The number of likely N-dealkylation sites (tertiary alicyclic amines) is 1. The number of alkyl carbamates (subject to hydrolysis) is 1. The van der Waals surface area contributed by atoms with Gasteiger partial charge in [0.2, 0.25) is 17.7 Å². The van der Waals surface area contributed by atoms with Crippen molar-refractivity contribution in [2.45, 2.75) is 115 Å². The lowest BCUT2D eigenvalue weighted by atomic mass is 9.82. The average Bonchev–Trinajstić information content (AvgIpc) is 3.46. The van der Waals surface area contributed by atoms with Crippen molar-refractivity contribution in [2.75, 3.05) is 6.54 Å². The van der Waals surface area contributed by atoms with Crippen molar-refractivity contribution >= 4 is 23.8 Å². The Morgan fingerprint density at radius 3 is 2.08 bits per heavy atom. The number of carbonyl (C=O) groups is 4. The molecular formula is C35H51N7O7. The van der Waals surface area contributed by atoms with Gasteiger partial charge < -0.3 is 36.7 Å². The third-order valence-electron chi connectivity index (χ3n) is 8.13. The predicted octanol–water partition coefficient (Wildman–Crippen LogP) is 2.96. The van der Waals surface area contributed by atoms with Crippen molar-refractivity contribution in [3.63, 3.8) is 0 Å². The summed E-state index contributed by atoms with van der Waals surface area (Å²) in [6.07, 6.45) is -1.36. The van der Waals surface area contributed by atoms with Crippen LogP contribution in [0.3, 0.4) is 0 Å². The van der Waals surface area contributed by atoms with Crippen LogP contribution in [0.5, 0.6) is 5.75 Å². The summed E-state index contributed by atoms with van der Waals surface area (Å²) in [5, 5.41) is 29.0. The van der Waals surface area contributed by atoms with Gasteiger partial charge in [0.05, 0.1) is 18.6 Å². The van der Waals surface area contributed by atoms with Gasteiger partial charge in [-0.3, -0.25) is 19.3 Å². The van der Waals surface area contributed by atoms with Gasteiger partial charge in [0, 0.05) is 22.7 Å². The normalized spacial score (nSPS) is 18.1. The quantitative estimate of drug-likeness (QED) is 0.183. The molecule has 268 valence electrons. The minimum Gasteiger partial charge on any atom is -0.488 e. The van der Waals surface area contributed by atoms with Crippen LogP contribution in [0.1, 0.15) is 78.4 Å². The van der Waals surface area contributed by atoms with E-state index in [0.717, 1.165) is 17.5 Å². The second kappa shape index (κ2) is 17.6. The number of aliphatic hydroxyl groups excluding tert-OH is 1. The topological polar surface area (TPSA) is 234 Å². The van der Waals surface area contributed by atoms with Crippen LogP contribution in [-0.2, 0) is 32.1 Å². The van der Waals surface area contributed by atoms with Crippen molar-refractivity contribution in [3.8, 4) is 5.75 Å². The van der Waals surface area contributed by atoms with Crippen LogP contribution in [-0.4, -0.2) is 75.2 Å². The highest BCUT2D eigenvalue weighted by Crippen LogP contribution is 2.39. The van der Waals surface area contributed by atoms with Gasteiger partial charge in [-0.15, -0.1) is 0 Å². The highest BCUT2D eigenvalue weighted by atomic mass is 16.5. The van der Waals surface area contributed by atoms with E-state index in [4.69, 9.17) is 31.7 Å². The van der Waals surface area contributed by atoms with Gasteiger partial charge in [0.1, 0.15) is 29.5 Å². The molecule has 14 heteroatoms. The number of rotatable bonds is 14. The molecule has 14 nitrogen and oxygen atoms in total. The molecule has 4 atom stereocenters. The number of ether oxygens (including phenoxy) is 2. The van der Waals surface area contributed by atoms with E-state index < -0.39 is 65.1 Å². The summed E-state index contributed by atoms with van der Waals surface area (Å²) in [6.45, 7) is 12.4. The molecule has 1 heterocycles. The minimum atomic E-state index is -1.38. The summed E-state index contributed by atoms with van der Waals surface area (Å²) >= 11 is 0. The molecule has 0 aromatic heterocycles. The van der Waals surface area contributed by atoms with E-state index >= 15 is 0 Å². The van der Waals surface area contributed by atoms with Crippen LogP contribution in [0.2, 0.25) is 0 Å². The number of amides is 4. The zero-order valence-electron chi connectivity index (χ0n) is 29.3. The van der Waals surface area contributed by atoms with Gasteiger partial charge in [-0.2, -0.15) is 0 Å². The van der Waals surface area contributed by atoms with E-state index in [0.29, 0.717) is 18.7 Å². The van der Waals surface area contributed by atoms with Gasteiger partial charge in [-0.05, 0) is 90.6 Å². The second-order valence-electron chi connectivity index (χ2n) is 14.2. The number of aliphatic hydroxyl groups is 1. The Hall–Kier alpha value is -4.74. The Morgan fingerprint density at radius 2 is 1.55 bits per heavy atom. The number of hydrogen-bond donors (Lipinski definition) is 5. The third-order valence-corrected chi connectivity index (χ3v) is 8.13. The summed E-state index contributed by atoms with van der Waals surface area (Å²) in [6, 6.07) is 13.9. The van der Waals surface area contributed by atoms with Crippen LogP contribution < -0.4 is 26.8 Å². The highest BCUT2D eigenvalue weighted by Gasteiger charge is 2.51. The average molecular weight is 682 g/mol. The van der Waals surface area contributed by atoms with Gasteiger partial charge >= 0.3 is 6.09 Å². The number of nitrogens with zero attached hydrogens (tertiary/aromatic N) is 3. The lowest BCUT2D eigenvalue weighted by molar-refractivity contribution is -0.135. The van der Waals surface area contributed by atoms with Gasteiger partial charge in [-0.1, -0.05) is 42.5 Å². The van der Waals surface area contributed by atoms with E-state index in [-0.39, 0.29) is 19.4 Å². The first-order chi connectivity index (χ1) is 22.9. The van der Waals surface area contributed by atoms with Crippen LogP contribution in [0.15, 0.2) is 54.6 Å². The monoisotopic (exact) mass is 681 g/mol. The largest absolute Gasteiger partial charge is 0.488 e. The molecule has 1 aliphatic heterocycles. The lowest BCUT2D eigenvalue weighted by Gasteiger charge is -2.46. The first-order valence-electron chi connectivity index (χ1n) is 16.2. The first-order valence-corrected chi connectivity index (χ1v) is 16.2. The Labute approximate surface area is 288 Å². The van der Waals surface area contributed by atoms with E-state index in [9.17, 15) is 24.3 Å². The number of primary amides is 2. The van der Waals surface area contributed by atoms with Crippen molar-refractivity contribution < 1.29 is 33.8 Å². The first kappa shape index (κ1) is 40.4. The second-order valence-corrected chi connectivity index (χ2v) is 14.2. The summed E-state index contributed by atoms with van der Waals surface area (Å²) in [4.78, 5) is 53.3. The van der Waals surface area contributed by atoms with Gasteiger partial charge in [-0.25, -0.2) is 4.79 Å². The molecule has 1 saturated heterocycles. The number of benzene rings is 2. The summed E-state index contributed by atoms with van der Waals surface area (Å²) in [7, 11) is 0. The van der Waals surface area contributed by atoms with Crippen LogP contribution in [0, 0.1) is 10.8 Å². The van der Waals surface area contributed by atoms with Crippen molar-refractivity contribution in [1.29, 1.82) is 10.8 Å². The Kier molecular flexibility index (Phi) is 14.5. The van der Waals surface area contributed by atoms with Gasteiger partial charge in [0.15, 0.2) is 0 Å². The molecule has 0 bridgehead atoms. The molecule has 0 aliphatic carbocycles. The van der Waals surface area contributed by atoms with E-state index in [1.807, 2.05) is 64.6 Å². The fourth-order valence-corrected chi connectivity index (χ4v) is 6.10. The molecule has 0 unspecified atom stereocenters. The predicted molar refractivity (Wildman–Crippen MR) is 182 cm³/mol. The van der Waals surface area contributed by atoms with Crippen molar-refractivity contribution in [1.82, 2.24) is 15.5 Å². The highest BCUT2D eigenvalue weighted by molar-refractivity contribution is 5.90. The summed E-state index contributed by atoms with van der Waals surface area (Å²) in [5.41, 5.74) is 11.0.